The molecule has 0 unspecified atom stereocenters. The molecule has 42 heavy (non-hydrogen) atoms. The number of fused-ring (bicyclic) bond motifs is 1. The van der Waals surface area contributed by atoms with E-state index >= 15 is 0 Å². The van der Waals surface area contributed by atoms with Crippen LogP contribution < -0.4 is 24.4 Å². The molecule has 0 amide bonds. The molecule has 1 aliphatic rings. The Labute approximate surface area is 264 Å². The Kier molecular flexibility index (Phi) is 9.22. The number of ether oxygens (including phenoxy) is 3. The number of rotatable bonds is 8. The van der Waals surface area contributed by atoms with E-state index in [1.165, 1.54) is 11.3 Å². The summed E-state index contributed by atoms with van der Waals surface area (Å²) in [6.07, 6.45) is 1.77. The number of carbonyl (C=O) groups is 1. The summed E-state index contributed by atoms with van der Waals surface area (Å²) in [7, 11) is 1.55. The number of nitrogens with zero attached hydrogens (tertiary/aromatic N) is 2. The van der Waals surface area contributed by atoms with Crippen LogP contribution in [0, 0.1) is 0 Å². The SMILES string of the molecule is CCOC(=O)C1=C(C)N=c2s/c(=C/c3cc(OC)c(OCc4ccc(Cl)c(Cl)c4)cc3Br)c(=O)n2[C@H]1c1ccccc1. The van der Waals surface area contributed by atoms with E-state index in [-0.39, 0.29) is 18.8 Å². The Bertz CT molecular complexity index is 1890. The number of hydrogen-bond acceptors (Lipinski definition) is 7. The Morgan fingerprint density at radius 3 is 2.55 bits per heavy atom. The van der Waals surface area contributed by atoms with Gasteiger partial charge in [0.2, 0.25) is 0 Å². The summed E-state index contributed by atoms with van der Waals surface area (Å²) < 4.78 is 19.7. The lowest BCUT2D eigenvalue weighted by atomic mass is 9.96. The van der Waals surface area contributed by atoms with Gasteiger partial charge < -0.3 is 14.2 Å². The lowest BCUT2D eigenvalue weighted by molar-refractivity contribution is -0.139. The number of benzene rings is 3. The Morgan fingerprint density at radius 1 is 1.10 bits per heavy atom. The van der Waals surface area contributed by atoms with E-state index in [4.69, 9.17) is 37.4 Å². The Balaban J connectivity index is 1.55. The van der Waals surface area contributed by atoms with Crippen molar-refractivity contribution in [3.63, 3.8) is 0 Å². The molecule has 0 saturated carbocycles. The van der Waals surface area contributed by atoms with E-state index in [1.807, 2.05) is 36.4 Å². The molecular weight excluding hydrogens is 663 g/mol. The summed E-state index contributed by atoms with van der Waals surface area (Å²) >= 11 is 17.0. The van der Waals surface area contributed by atoms with Crippen LogP contribution in [-0.4, -0.2) is 24.3 Å². The molecule has 1 aromatic heterocycles. The second-order valence-electron chi connectivity index (χ2n) is 9.27. The molecular formula is C31H25BrCl2N2O5S. The maximum absolute atomic E-state index is 13.9. The molecule has 0 saturated heterocycles. The van der Waals surface area contributed by atoms with Crippen molar-refractivity contribution >= 4 is 62.5 Å². The number of methoxy groups -OCH3 is 1. The van der Waals surface area contributed by atoms with Crippen LogP contribution in [0.25, 0.3) is 6.08 Å². The van der Waals surface area contributed by atoms with Gasteiger partial charge in [-0.15, -0.1) is 0 Å². The molecule has 0 radical (unpaired) electrons. The number of halogens is 3. The molecule has 5 rings (SSSR count). The summed E-state index contributed by atoms with van der Waals surface area (Å²) in [5.74, 6) is 0.499. The van der Waals surface area contributed by atoms with Gasteiger partial charge in [0.1, 0.15) is 6.61 Å². The van der Waals surface area contributed by atoms with Crippen LogP contribution >= 0.6 is 50.5 Å². The highest BCUT2D eigenvalue weighted by Crippen LogP contribution is 2.35. The fourth-order valence-electron chi connectivity index (χ4n) is 4.61. The van der Waals surface area contributed by atoms with Gasteiger partial charge in [0.25, 0.3) is 5.56 Å². The monoisotopic (exact) mass is 686 g/mol. The first kappa shape index (κ1) is 30.1. The van der Waals surface area contributed by atoms with Crippen molar-refractivity contribution in [3.8, 4) is 11.5 Å². The second kappa shape index (κ2) is 12.9. The fourth-order valence-corrected chi connectivity index (χ4v) is 6.40. The standard InChI is InChI=1S/C31H25BrCl2N2O5S/c1-4-40-30(38)27-17(2)35-31-36(28(27)19-8-6-5-7-9-19)29(37)26(42-31)14-20-13-24(39-3)25(15-21(20)32)41-16-18-10-11-22(33)23(34)12-18/h5-15,28H,4,16H2,1-3H3/b26-14+/t28-/m0/s1. The van der Waals surface area contributed by atoms with Crippen molar-refractivity contribution in [3.05, 3.63) is 123 Å². The zero-order valence-electron chi connectivity index (χ0n) is 22.8. The van der Waals surface area contributed by atoms with Crippen LogP contribution in [-0.2, 0) is 16.1 Å². The summed E-state index contributed by atoms with van der Waals surface area (Å²) in [5, 5.41) is 0.916. The number of thiazole rings is 1. The second-order valence-corrected chi connectivity index (χ2v) is 12.0. The predicted molar refractivity (Wildman–Crippen MR) is 168 cm³/mol. The molecule has 0 bridgehead atoms. The highest BCUT2D eigenvalue weighted by Gasteiger charge is 2.33. The van der Waals surface area contributed by atoms with Crippen LogP contribution in [0.3, 0.4) is 0 Å². The Hall–Kier alpha value is -3.37. The molecule has 1 aliphatic heterocycles. The number of esters is 1. The molecule has 11 heteroatoms. The molecule has 0 N–H and O–H groups in total. The van der Waals surface area contributed by atoms with Crippen molar-refractivity contribution in [2.45, 2.75) is 26.5 Å². The maximum atomic E-state index is 13.9. The summed E-state index contributed by atoms with van der Waals surface area (Å²) in [5.41, 5.74) is 2.92. The van der Waals surface area contributed by atoms with Crippen molar-refractivity contribution in [1.29, 1.82) is 0 Å². The van der Waals surface area contributed by atoms with Crippen LogP contribution in [0.4, 0.5) is 0 Å². The Morgan fingerprint density at radius 2 is 1.86 bits per heavy atom. The van der Waals surface area contributed by atoms with E-state index in [0.29, 0.717) is 52.2 Å². The summed E-state index contributed by atoms with van der Waals surface area (Å²) in [4.78, 5) is 32.0. The summed E-state index contributed by atoms with van der Waals surface area (Å²) in [6, 6.07) is 17.6. The zero-order chi connectivity index (χ0) is 30.0. The highest BCUT2D eigenvalue weighted by atomic mass is 79.9. The first-order chi connectivity index (χ1) is 20.2. The lowest BCUT2D eigenvalue weighted by Gasteiger charge is -2.24. The summed E-state index contributed by atoms with van der Waals surface area (Å²) in [6.45, 7) is 3.97. The van der Waals surface area contributed by atoms with Crippen molar-refractivity contribution in [1.82, 2.24) is 4.57 Å². The van der Waals surface area contributed by atoms with Crippen molar-refractivity contribution in [2.75, 3.05) is 13.7 Å². The quantitative estimate of drug-likeness (QED) is 0.199. The fraction of sp³-hybridized carbons (Fsp3) is 0.194. The third-order valence-corrected chi connectivity index (χ3v) is 8.99. The maximum Gasteiger partial charge on any atom is 0.338 e. The van der Waals surface area contributed by atoms with Gasteiger partial charge in [-0.05, 0) is 60.9 Å². The van der Waals surface area contributed by atoms with E-state index in [1.54, 1.807) is 55.9 Å². The first-order valence-electron chi connectivity index (χ1n) is 12.9. The van der Waals surface area contributed by atoms with Gasteiger partial charge in [0.05, 0.1) is 45.6 Å². The molecule has 0 fully saturated rings. The van der Waals surface area contributed by atoms with E-state index < -0.39 is 12.0 Å². The van der Waals surface area contributed by atoms with Gasteiger partial charge in [0.15, 0.2) is 16.3 Å². The van der Waals surface area contributed by atoms with Gasteiger partial charge in [0, 0.05) is 4.47 Å². The third kappa shape index (κ3) is 6.06. The highest BCUT2D eigenvalue weighted by molar-refractivity contribution is 9.10. The minimum absolute atomic E-state index is 0.213. The average Bonchev–Trinajstić information content (AvgIpc) is 3.28. The smallest absolute Gasteiger partial charge is 0.338 e. The largest absolute Gasteiger partial charge is 0.493 e. The molecule has 1 atom stereocenters. The molecule has 2 heterocycles. The average molecular weight is 688 g/mol. The minimum atomic E-state index is -0.668. The number of allylic oxidation sites excluding steroid dienone is 1. The number of aromatic nitrogens is 1. The van der Waals surface area contributed by atoms with Crippen molar-refractivity contribution in [2.24, 2.45) is 4.99 Å². The molecule has 4 aromatic rings. The van der Waals surface area contributed by atoms with Gasteiger partial charge in [-0.25, -0.2) is 9.79 Å². The topological polar surface area (TPSA) is 79.1 Å². The minimum Gasteiger partial charge on any atom is -0.493 e. The van der Waals surface area contributed by atoms with Crippen molar-refractivity contribution < 1.29 is 19.0 Å². The van der Waals surface area contributed by atoms with Gasteiger partial charge in [-0.1, -0.05) is 86.9 Å². The molecule has 3 aromatic carbocycles. The van der Waals surface area contributed by atoms with Crippen LogP contribution in [0.15, 0.2) is 86.2 Å². The van der Waals surface area contributed by atoms with Gasteiger partial charge in [-0.2, -0.15) is 0 Å². The zero-order valence-corrected chi connectivity index (χ0v) is 26.7. The van der Waals surface area contributed by atoms with E-state index in [0.717, 1.165) is 11.1 Å². The molecule has 216 valence electrons. The normalized spacial score (nSPS) is 14.8. The van der Waals surface area contributed by atoms with E-state index in [9.17, 15) is 9.59 Å². The lowest BCUT2D eigenvalue weighted by Crippen LogP contribution is -2.39. The van der Waals surface area contributed by atoms with Crippen LogP contribution in [0.2, 0.25) is 10.0 Å². The number of carbonyl (C=O) groups excluding carboxylic acids is 1. The third-order valence-electron chi connectivity index (χ3n) is 6.58. The first-order valence-corrected chi connectivity index (χ1v) is 15.3. The van der Waals surface area contributed by atoms with E-state index in [2.05, 4.69) is 20.9 Å². The van der Waals surface area contributed by atoms with Crippen LogP contribution in [0.5, 0.6) is 11.5 Å². The van der Waals surface area contributed by atoms with Gasteiger partial charge in [-0.3, -0.25) is 9.36 Å². The number of hydrogen-bond donors (Lipinski definition) is 0. The molecule has 7 nitrogen and oxygen atoms in total. The molecule has 0 spiro atoms. The van der Waals surface area contributed by atoms with Gasteiger partial charge >= 0.3 is 5.97 Å². The molecule has 0 aliphatic carbocycles. The van der Waals surface area contributed by atoms with Crippen LogP contribution in [0.1, 0.15) is 36.6 Å². The predicted octanol–water partition coefficient (Wildman–Crippen LogP) is 6.46.